The Hall–Kier alpha value is -1.23. The van der Waals surface area contributed by atoms with Gasteiger partial charge in [-0.15, -0.1) is 0 Å². The Bertz CT molecular complexity index is 661. The van der Waals surface area contributed by atoms with E-state index in [1.165, 1.54) is 20.4 Å². The first-order chi connectivity index (χ1) is 9.95. The summed E-state index contributed by atoms with van der Waals surface area (Å²) in [5.74, 6) is 1.02. The molecule has 2 nitrogen and oxygen atoms in total. The van der Waals surface area contributed by atoms with Gasteiger partial charge >= 0.3 is 0 Å². The lowest BCUT2D eigenvalue weighted by atomic mass is 9.86. The molecule has 1 aliphatic heterocycles. The summed E-state index contributed by atoms with van der Waals surface area (Å²) in [6.07, 6.45) is 0. The first-order valence-electron chi connectivity index (χ1n) is 7.21. The Kier molecular flexibility index (Phi) is 3.86. The van der Waals surface area contributed by atoms with Crippen LogP contribution in [0, 0.1) is 3.57 Å². The predicted molar refractivity (Wildman–Crippen MR) is 96.0 cm³/mol. The highest BCUT2D eigenvalue weighted by atomic mass is 127. The van der Waals surface area contributed by atoms with Crippen LogP contribution in [0.4, 0.5) is 5.69 Å². The standard InChI is InChI=1S/C18H20INO/c1-18(2,3)14-8-9-17-13(10-14)11-20(12-21-17)16-7-5-4-6-15(16)19/h4-10H,11-12H2,1-3H3. The van der Waals surface area contributed by atoms with E-state index in [9.17, 15) is 0 Å². The third-order valence-corrected chi connectivity index (χ3v) is 4.77. The summed E-state index contributed by atoms with van der Waals surface area (Å²) >= 11 is 2.38. The second kappa shape index (κ2) is 5.52. The highest BCUT2D eigenvalue weighted by Gasteiger charge is 2.22. The van der Waals surface area contributed by atoms with Gasteiger partial charge in [-0.3, -0.25) is 0 Å². The number of benzene rings is 2. The first kappa shape index (κ1) is 14.7. The van der Waals surface area contributed by atoms with Crippen LogP contribution < -0.4 is 9.64 Å². The van der Waals surface area contributed by atoms with Gasteiger partial charge < -0.3 is 9.64 Å². The Labute approximate surface area is 140 Å². The molecule has 0 atom stereocenters. The van der Waals surface area contributed by atoms with Gasteiger partial charge in [0.25, 0.3) is 0 Å². The van der Waals surface area contributed by atoms with Gasteiger partial charge in [0.1, 0.15) is 5.75 Å². The first-order valence-corrected chi connectivity index (χ1v) is 8.29. The number of fused-ring (bicyclic) bond motifs is 1. The molecular weight excluding hydrogens is 373 g/mol. The van der Waals surface area contributed by atoms with Crippen molar-refractivity contribution in [3.8, 4) is 5.75 Å². The molecule has 0 bridgehead atoms. The van der Waals surface area contributed by atoms with Crippen LogP contribution in [0.3, 0.4) is 0 Å². The molecule has 3 heteroatoms. The monoisotopic (exact) mass is 393 g/mol. The van der Waals surface area contributed by atoms with Gasteiger partial charge in [-0.05, 0) is 57.8 Å². The van der Waals surface area contributed by atoms with Crippen molar-refractivity contribution in [1.82, 2.24) is 0 Å². The van der Waals surface area contributed by atoms with E-state index in [4.69, 9.17) is 4.74 Å². The molecule has 0 aromatic heterocycles. The van der Waals surface area contributed by atoms with Crippen LogP contribution in [0.2, 0.25) is 0 Å². The van der Waals surface area contributed by atoms with Crippen LogP contribution in [0.15, 0.2) is 42.5 Å². The van der Waals surface area contributed by atoms with Gasteiger partial charge in [0.15, 0.2) is 6.73 Å². The van der Waals surface area contributed by atoms with E-state index >= 15 is 0 Å². The highest BCUT2D eigenvalue weighted by molar-refractivity contribution is 14.1. The van der Waals surface area contributed by atoms with Crippen LogP contribution >= 0.6 is 22.6 Å². The molecule has 0 N–H and O–H groups in total. The van der Waals surface area contributed by atoms with E-state index in [-0.39, 0.29) is 5.41 Å². The van der Waals surface area contributed by atoms with Gasteiger partial charge in [0.2, 0.25) is 0 Å². The zero-order valence-corrected chi connectivity index (χ0v) is 14.8. The van der Waals surface area contributed by atoms with E-state index in [0.29, 0.717) is 6.73 Å². The van der Waals surface area contributed by atoms with Gasteiger partial charge in [0.05, 0.1) is 5.69 Å². The summed E-state index contributed by atoms with van der Waals surface area (Å²) in [5, 5.41) is 0. The van der Waals surface area contributed by atoms with Crippen LogP contribution in [-0.2, 0) is 12.0 Å². The van der Waals surface area contributed by atoms with Crippen LogP contribution in [0.5, 0.6) is 5.75 Å². The number of ether oxygens (including phenoxy) is 1. The third kappa shape index (κ3) is 3.03. The van der Waals surface area contributed by atoms with Gasteiger partial charge in [0, 0.05) is 15.7 Å². The second-order valence-electron chi connectivity index (χ2n) is 6.50. The molecule has 0 saturated heterocycles. The molecule has 110 valence electrons. The maximum Gasteiger partial charge on any atom is 0.161 e. The Morgan fingerprint density at radius 1 is 1.10 bits per heavy atom. The van der Waals surface area contributed by atoms with Crippen molar-refractivity contribution in [1.29, 1.82) is 0 Å². The molecule has 0 amide bonds. The lowest BCUT2D eigenvalue weighted by Gasteiger charge is -2.32. The normalized spacial score (nSPS) is 14.6. The van der Waals surface area contributed by atoms with Crippen molar-refractivity contribution in [3.63, 3.8) is 0 Å². The van der Waals surface area contributed by atoms with Crippen LogP contribution in [-0.4, -0.2) is 6.73 Å². The minimum absolute atomic E-state index is 0.165. The number of rotatable bonds is 1. The predicted octanol–water partition coefficient (Wildman–Crippen LogP) is 4.95. The molecule has 0 fully saturated rings. The summed E-state index contributed by atoms with van der Waals surface area (Å²) in [5.41, 5.74) is 4.03. The fourth-order valence-corrected chi connectivity index (χ4v) is 3.30. The molecule has 0 aliphatic carbocycles. The SMILES string of the molecule is CC(C)(C)c1ccc2c(c1)CN(c1ccccc1I)CO2. The minimum Gasteiger partial charge on any atom is -0.473 e. The topological polar surface area (TPSA) is 12.5 Å². The zero-order valence-electron chi connectivity index (χ0n) is 12.7. The molecule has 0 saturated carbocycles. The van der Waals surface area contributed by atoms with Gasteiger partial charge in [-0.2, -0.15) is 0 Å². The lowest BCUT2D eigenvalue weighted by molar-refractivity contribution is 0.289. The molecule has 21 heavy (non-hydrogen) atoms. The van der Waals surface area contributed by atoms with Crippen molar-refractivity contribution in [2.75, 3.05) is 11.6 Å². The summed E-state index contributed by atoms with van der Waals surface area (Å²) in [6.45, 7) is 8.25. The van der Waals surface area contributed by atoms with E-state index in [1.54, 1.807) is 0 Å². The van der Waals surface area contributed by atoms with Gasteiger partial charge in [-0.25, -0.2) is 0 Å². The van der Waals surface area contributed by atoms with E-state index in [1.807, 2.05) is 0 Å². The quantitative estimate of drug-likeness (QED) is 0.636. The van der Waals surface area contributed by atoms with Crippen molar-refractivity contribution in [3.05, 3.63) is 57.2 Å². The smallest absolute Gasteiger partial charge is 0.161 e. The van der Waals surface area contributed by atoms with E-state index < -0.39 is 0 Å². The molecule has 0 spiro atoms. The highest BCUT2D eigenvalue weighted by Crippen LogP contribution is 2.33. The fraction of sp³-hybridized carbons (Fsp3) is 0.333. The number of hydrogen-bond acceptors (Lipinski definition) is 2. The second-order valence-corrected chi connectivity index (χ2v) is 7.66. The third-order valence-electron chi connectivity index (χ3n) is 3.86. The van der Waals surface area contributed by atoms with E-state index in [0.717, 1.165) is 12.3 Å². The molecule has 1 aliphatic rings. The number of halogens is 1. The Morgan fingerprint density at radius 2 is 1.86 bits per heavy atom. The van der Waals surface area contributed by atoms with Crippen molar-refractivity contribution in [2.45, 2.75) is 32.7 Å². The lowest BCUT2D eigenvalue weighted by Crippen LogP contribution is -2.32. The largest absolute Gasteiger partial charge is 0.473 e. The van der Waals surface area contributed by atoms with Crippen LogP contribution in [0.1, 0.15) is 31.9 Å². The molecular formula is C18H20INO. The summed E-state index contributed by atoms with van der Waals surface area (Å²) in [4.78, 5) is 2.29. The maximum atomic E-state index is 5.94. The summed E-state index contributed by atoms with van der Waals surface area (Å²) in [7, 11) is 0. The van der Waals surface area contributed by atoms with E-state index in [2.05, 4.69) is 90.7 Å². The molecule has 3 rings (SSSR count). The van der Waals surface area contributed by atoms with Gasteiger partial charge in [-0.1, -0.05) is 39.0 Å². The average Bonchev–Trinajstić information content (AvgIpc) is 2.45. The number of anilines is 1. The van der Waals surface area contributed by atoms with Crippen molar-refractivity contribution < 1.29 is 4.74 Å². The molecule has 0 radical (unpaired) electrons. The summed E-state index contributed by atoms with van der Waals surface area (Å²) in [6, 6.07) is 15.0. The Balaban J connectivity index is 1.93. The van der Waals surface area contributed by atoms with Crippen molar-refractivity contribution >= 4 is 28.3 Å². The zero-order chi connectivity index (χ0) is 15.0. The summed E-state index contributed by atoms with van der Waals surface area (Å²) < 4.78 is 7.19. The molecule has 2 aromatic carbocycles. The number of nitrogens with zero attached hydrogens (tertiary/aromatic N) is 1. The van der Waals surface area contributed by atoms with Crippen LogP contribution in [0.25, 0.3) is 0 Å². The minimum atomic E-state index is 0.165. The molecule has 1 heterocycles. The van der Waals surface area contributed by atoms with Crippen molar-refractivity contribution in [2.24, 2.45) is 0 Å². The molecule has 2 aromatic rings. The number of para-hydroxylation sites is 1. The number of hydrogen-bond donors (Lipinski definition) is 0. The Morgan fingerprint density at radius 3 is 2.57 bits per heavy atom. The average molecular weight is 393 g/mol. The maximum absolute atomic E-state index is 5.94. The molecule has 0 unspecified atom stereocenters. The fourth-order valence-electron chi connectivity index (χ4n) is 2.57.